The van der Waals surface area contributed by atoms with Gasteiger partial charge in [-0.05, 0) is 36.7 Å². The lowest BCUT2D eigenvalue weighted by Gasteiger charge is -2.06. The van der Waals surface area contributed by atoms with Gasteiger partial charge in [-0.25, -0.2) is 4.79 Å². The Morgan fingerprint density at radius 1 is 1.40 bits per heavy atom. The predicted molar refractivity (Wildman–Crippen MR) is 63.9 cm³/mol. The van der Waals surface area contributed by atoms with Gasteiger partial charge in [0.25, 0.3) is 0 Å². The maximum atomic E-state index is 11.7. The lowest BCUT2D eigenvalue weighted by Crippen LogP contribution is -2.07. The van der Waals surface area contributed by atoms with Gasteiger partial charge in [-0.2, -0.15) is 0 Å². The second-order valence-corrected chi connectivity index (χ2v) is 5.33. The van der Waals surface area contributed by atoms with Gasteiger partial charge in [0.2, 0.25) is 0 Å². The van der Waals surface area contributed by atoms with Gasteiger partial charge in [0.1, 0.15) is 9.35 Å². The van der Waals surface area contributed by atoms with Crippen LogP contribution in [0, 0.1) is 6.92 Å². The van der Waals surface area contributed by atoms with E-state index >= 15 is 0 Å². The molecule has 0 N–H and O–H groups in total. The molecule has 0 amide bonds. The Balaban J connectivity index is 3.08. The number of hydrogen-bond donors (Lipinski definition) is 0. The van der Waals surface area contributed by atoms with E-state index in [-0.39, 0.29) is 5.97 Å². The van der Waals surface area contributed by atoms with E-state index in [1.165, 1.54) is 11.3 Å². The van der Waals surface area contributed by atoms with Gasteiger partial charge >= 0.3 is 5.97 Å². The molecule has 84 valence electrons. The first kappa shape index (κ1) is 12.5. The highest BCUT2D eigenvalue weighted by Gasteiger charge is 2.22. The molecule has 0 aliphatic rings. The molecule has 0 spiro atoms. The van der Waals surface area contributed by atoms with Crippen molar-refractivity contribution in [2.24, 2.45) is 0 Å². The minimum absolute atomic E-state index is 0.319. The van der Waals surface area contributed by atoms with Crippen molar-refractivity contribution in [3.05, 3.63) is 14.2 Å². The molecule has 0 saturated heterocycles. The Labute approximate surface area is 102 Å². The van der Waals surface area contributed by atoms with Crippen LogP contribution in [0.25, 0.3) is 0 Å². The number of carbonyl (C=O) groups is 1. The summed E-state index contributed by atoms with van der Waals surface area (Å²) in [6.07, 6.45) is 0. The third-order valence-corrected chi connectivity index (χ3v) is 3.49. The standard InChI is InChI=1S/C10H13BrO3S/c1-4-13-8-7(10(12)14-5-2)6(3)15-9(8)11/h4-5H2,1-3H3. The zero-order valence-corrected chi connectivity index (χ0v) is 11.3. The fraction of sp³-hybridized carbons (Fsp3) is 0.500. The minimum atomic E-state index is -0.319. The topological polar surface area (TPSA) is 35.5 Å². The highest BCUT2D eigenvalue weighted by atomic mass is 79.9. The SMILES string of the molecule is CCOC(=O)c1c(C)sc(Br)c1OCC. The van der Waals surface area contributed by atoms with E-state index in [0.29, 0.717) is 24.5 Å². The van der Waals surface area contributed by atoms with Gasteiger partial charge in [-0.15, -0.1) is 11.3 Å². The Kier molecular flexibility index (Phi) is 4.60. The number of esters is 1. The van der Waals surface area contributed by atoms with E-state index in [9.17, 15) is 4.79 Å². The molecule has 0 unspecified atom stereocenters. The Hall–Kier alpha value is -0.550. The molecule has 0 aromatic carbocycles. The third-order valence-electron chi connectivity index (χ3n) is 1.77. The molecule has 0 radical (unpaired) electrons. The van der Waals surface area contributed by atoms with Gasteiger partial charge in [0.05, 0.1) is 13.2 Å². The number of hydrogen-bond acceptors (Lipinski definition) is 4. The molecule has 0 fully saturated rings. The van der Waals surface area contributed by atoms with Gasteiger partial charge in [-0.3, -0.25) is 0 Å². The first-order valence-electron chi connectivity index (χ1n) is 4.70. The normalized spacial score (nSPS) is 10.1. The molecule has 0 atom stereocenters. The molecule has 3 nitrogen and oxygen atoms in total. The van der Waals surface area contributed by atoms with E-state index in [2.05, 4.69) is 15.9 Å². The summed E-state index contributed by atoms with van der Waals surface area (Å²) in [6, 6.07) is 0. The summed E-state index contributed by atoms with van der Waals surface area (Å²) in [5.41, 5.74) is 0.538. The van der Waals surface area contributed by atoms with E-state index < -0.39 is 0 Å². The van der Waals surface area contributed by atoms with Gasteiger partial charge in [-0.1, -0.05) is 0 Å². The van der Waals surface area contributed by atoms with Crippen LogP contribution in [0.5, 0.6) is 5.75 Å². The molecule has 1 heterocycles. The van der Waals surface area contributed by atoms with Crippen LogP contribution in [-0.4, -0.2) is 19.2 Å². The van der Waals surface area contributed by atoms with Crippen molar-refractivity contribution in [2.75, 3.05) is 13.2 Å². The van der Waals surface area contributed by atoms with Crippen LogP contribution in [0.1, 0.15) is 29.1 Å². The van der Waals surface area contributed by atoms with Crippen molar-refractivity contribution in [3.63, 3.8) is 0 Å². The average molecular weight is 293 g/mol. The van der Waals surface area contributed by atoms with E-state index in [0.717, 1.165) is 8.66 Å². The molecule has 1 rings (SSSR count). The highest BCUT2D eigenvalue weighted by molar-refractivity contribution is 9.11. The van der Waals surface area contributed by atoms with Crippen molar-refractivity contribution >= 4 is 33.2 Å². The van der Waals surface area contributed by atoms with Gasteiger partial charge < -0.3 is 9.47 Å². The smallest absolute Gasteiger partial charge is 0.343 e. The maximum Gasteiger partial charge on any atom is 0.343 e. The number of halogens is 1. The number of rotatable bonds is 4. The lowest BCUT2D eigenvalue weighted by atomic mass is 10.2. The molecule has 0 aliphatic heterocycles. The Bertz CT molecular complexity index is 360. The molecular formula is C10H13BrO3S. The monoisotopic (exact) mass is 292 g/mol. The molecule has 5 heteroatoms. The third kappa shape index (κ3) is 2.72. The van der Waals surface area contributed by atoms with Crippen LogP contribution in [0.4, 0.5) is 0 Å². The van der Waals surface area contributed by atoms with E-state index in [1.54, 1.807) is 6.92 Å². The first-order chi connectivity index (χ1) is 7.11. The largest absolute Gasteiger partial charge is 0.491 e. The van der Waals surface area contributed by atoms with Crippen LogP contribution in [0.15, 0.2) is 3.79 Å². The van der Waals surface area contributed by atoms with Crippen molar-refractivity contribution in [3.8, 4) is 5.75 Å². The highest BCUT2D eigenvalue weighted by Crippen LogP contribution is 2.39. The lowest BCUT2D eigenvalue weighted by molar-refractivity contribution is 0.0522. The fourth-order valence-corrected chi connectivity index (χ4v) is 3.04. The molecule has 0 aliphatic carbocycles. The molecular weight excluding hydrogens is 280 g/mol. The summed E-state index contributed by atoms with van der Waals surface area (Å²) in [7, 11) is 0. The van der Waals surface area contributed by atoms with Crippen molar-refractivity contribution in [1.29, 1.82) is 0 Å². The summed E-state index contributed by atoms with van der Waals surface area (Å²) in [6.45, 7) is 6.45. The molecule has 1 aromatic rings. The van der Waals surface area contributed by atoms with Crippen molar-refractivity contribution in [2.45, 2.75) is 20.8 Å². The van der Waals surface area contributed by atoms with Crippen molar-refractivity contribution < 1.29 is 14.3 Å². The van der Waals surface area contributed by atoms with Crippen molar-refractivity contribution in [1.82, 2.24) is 0 Å². The van der Waals surface area contributed by atoms with Crippen LogP contribution in [0.3, 0.4) is 0 Å². The second-order valence-electron chi connectivity index (χ2n) is 2.79. The van der Waals surface area contributed by atoms with Crippen LogP contribution in [-0.2, 0) is 4.74 Å². The summed E-state index contributed by atoms with van der Waals surface area (Å²) >= 11 is 4.85. The van der Waals surface area contributed by atoms with Gasteiger partial charge in [0, 0.05) is 4.88 Å². The fourth-order valence-electron chi connectivity index (χ4n) is 1.20. The number of carbonyl (C=O) groups excluding carboxylic acids is 1. The quantitative estimate of drug-likeness (QED) is 0.798. The number of ether oxygens (including phenoxy) is 2. The predicted octanol–water partition coefficient (Wildman–Crippen LogP) is 3.39. The summed E-state index contributed by atoms with van der Waals surface area (Å²) in [5, 5.41) is 0. The van der Waals surface area contributed by atoms with Crippen LogP contribution < -0.4 is 4.74 Å². The zero-order valence-electron chi connectivity index (χ0n) is 8.93. The maximum absolute atomic E-state index is 11.7. The summed E-state index contributed by atoms with van der Waals surface area (Å²) in [5.74, 6) is 0.277. The second kappa shape index (κ2) is 5.51. The number of thiophene rings is 1. The van der Waals surface area contributed by atoms with E-state index in [4.69, 9.17) is 9.47 Å². The Morgan fingerprint density at radius 3 is 2.60 bits per heavy atom. The Morgan fingerprint density at radius 2 is 2.07 bits per heavy atom. The minimum Gasteiger partial charge on any atom is -0.491 e. The van der Waals surface area contributed by atoms with Crippen LogP contribution in [0.2, 0.25) is 0 Å². The summed E-state index contributed by atoms with van der Waals surface area (Å²) in [4.78, 5) is 12.6. The molecule has 0 saturated carbocycles. The zero-order chi connectivity index (χ0) is 11.4. The van der Waals surface area contributed by atoms with Gasteiger partial charge in [0.15, 0.2) is 5.75 Å². The number of aryl methyl sites for hydroxylation is 1. The first-order valence-corrected chi connectivity index (χ1v) is 6.31. The van der Waals surface area contributed by atoms with Crippen LogP contribution >= 0.6 is 27.3 Å². The summed E-state index contributed by atoms with van der Waals surface area (Å²) < 4.78 is 11.2. The molecule has 1 aromatic heterocycles. The molecule has 15 heavy (non-hydrogen) atoms. The average Bonchev–Trinajstić information content (AvgIpc) is 2.43. The molecule has 0 bridgehead atoms. The van der Waals surface area contributed by atoms with E-state index in [1.807, 2.05) is 13.8 Å².